The van der Waals surface area contributed by atoms with Crippen LogP contribution in [0.4, 0.5) is 0 Å². The zero-order valence-electron chi connectivity index (χ0n) is 10.9. The standard InChI is InChI=1S/C14H14ClNO3/c1-8-6-13(19-9(2)14(17)18-3)11-7-10(15)4-5-12(11)16-8/h4-7,9H,1-3H3. The maximum Gasteiger partial charge on any atom is 0.346 e. The van der Waals surface area contributed by atoms with E-state index in [-0.39, 0.29) is 0 Å². The van der Waals surface area contributed by atoms with E-state index in [1.54, 1.807) is 25.1 Å². The second-order valence-corrected chi connectivity index (χ2v) is 4.64. The molecule has 0 aliphatic carbocycles. The van der Waals surface area contributed by atoms with Gasteiger partial charge in [-0.3, -0.25) is 4.98 Å². The number of esters is 1. The number of fused-ring (bicyclic) bond motifs is 1. The summed E-state index contributed by atoms with van der Waals surface area (Å²) in [6.45, 7) is 3.50. The van der Waals surface area contributed by atoms with E-state index in [9.17, 15) is 4.79 Å². The second-order valence-electron chi connectivity index (χ2n) is 4.21. The van der Waals surface area contributed by atoms with E-state index < -0.39 is 12.1 Å². The Labute approximate surface area is 116 Å². The predicted molar refractivity (Wildman–Crippen MR) is 73.6 cm³/mol. The largest absolute Gasteiger partial charge is 0.478 e. The first kappa shape index (κ1) is 13.6. The van der Waals surface area contributed by atoms with Crippen molar-refractivity contribution < 1.29 is 14.3 Å². The summed E-state index contributed by atoms with van der Waals surface area (Å²) in [6, 6.07) is 7.13. The molecule has 0 saturated carbocycles. The van der Waals surface area contributed by atoms with Crippen LogP contribution in [0, 0.1) is 6.92 Å². The zero-order chi connectivity index (χ0) is 14.0. The Morgan fingerprint density at radius 3 is 2.79 bits per heavy atom. The molecule has 1 aromatic heterocycles. The van der Waals surface area contributed by atoms with Crippen molar-refractivity contribution in [1.82, 2.24) is 4.98 Å². The molecule has 0 spiro atoms. The highest BCUT2D eigenvalue weighted by molar-refractivity contribution is 6.31. The van der Waals surface area contributed by atoms with Gasteiger partial charge in [0.15, 0.2) is 6.10 Å². The molecular weight excluding hydrogens is 266 g/mol. The monoisotopic (exact) mass is 279 g/mol. The van der Waals surface area contributed by atoms with Gasteiger partial charge < -0.3 is 9.47 Å². The molecule has 1 atom stereocenters. The molecule has 0 aliphatic heterocycles. The molecule has 4 nitrogen and oxygen atoms in total. The molecule has 0 aliphatic rings. The summed E-state index contributed by atoms with van der Waals surface area (Å²) < 4.78 is 10.3. The van der Waals surface area contributed by atoms with E-state index in [0.29, 0.717) is 10.8 Å². The summed E-state index contributed by atoms with van der Waals surface area (Å²) in [5, 5.41) is 1.36. The lowest BCUT2D eigenvalue weighted by atomic mass is 10.2. The fourth-order valence-electron chi connectivity index (χ4n) is 1.79. The highest BCUT2D eigenvalue weighted by atomic mass is 35.5. The van der Waals surface area contributed by atoms with Gasteiger partial charge in [0.05, 0.1) is 12.6 Å². The maximum absolute atomic E-state index is 11.4. The van der Waals surface area contributed by atoms with Crippen LogP contribution < -0.4 is 4.74 Å². The number of halogens is 1. The number of aryl methyl sites for hydroxylation is 1. The summed E-state index contributed by atoms with van der Waals surface area (Å²) >= 11 is 5.98. The van der Waals surface area contributed by atoms with Gasteiger partial charge in [-0.05, 0) is 32.0 Å². The highest BCUT2D eigenvalue weighted by Gasteiger charge is 2.17. The molecule has 19 heavy (non-hydrogen) atoms. The predicted octanol–water partition coefficient (Wildman–Crippen LogP) is 3.14. The Kier molecular flexibility index (Phi) is 3.90. The van der Waals surface area contributed by atoms with Gasteiger partial charge >= 0.3 is 5.97 Å². The Morgan fingerprint density at radius 2 is 2.11 bits per heavy atom. The molecular formula is C14H14ClNO3. The molecule has 0 saturated heterocycles. The number of methoxy groups -OCH3 is 1. The fourth-order valence-corrected chi connectivity index (χ4v) is 1.97. The maximum atomic E-state index is 11.4. The Hall–Kier alpha value is -1.81. The number of nitrogens with zero attached hydrogens (tertiary/aromatic N) is 1. The lowest BCUT2D eigenvalue weighted by molar-refractivity contribution is -0.147. The first-order chi connectivity index (χ1) is 9.01. The van der Waals surface area contributed by atoms with Gasteiger partial charge in [0.25, 0.3) is 0 Å². The molecule has 1 unspecified atom stereocenters. The van der Waals surface area contributed by atoms with Gasteiger partial charge in [0, 0.05) is 22.2 Å². The molecule has 0 amide bonds. The molecule has 0 N–H and O–H groups in total. The third-order valence-electron chi connectivity index (χ3n) is 2.70. The van der Waals surface area contributed by atoms with Gasteiger partial charge in [-0.1, -0.05) is 11.6 Å². The summed E-state index contributed by atoms with van der Waals surface area (Å²) in [6.07, 6.45) is -0.686. The van der Waals surface area contributed by atoms with Gasteiger partial charge in [0.2, 0.25) is 0 Å². The minimum absolute atomic E-state index is 0.426. The minimum atomic E-state index is -0.686. The summed E-state index contributed by atoms with van der Waals surface area (Å²) in [5.74, 6) is 0.146. The first-order valence-electron chi connectivity index (χ1n) is 5.82. The molecule has 100 valence electrons. The van der Waals surface area contributed by atoms with Crippen LogP contribution in [0.3, 0.4) is 0 Å². The normalized spacial score (nSPS) is 12.2. The van der Waals surface area contributed by atoms with Crippen LogP contribution in [0.5, 0.6) is 5.75 Å². The third kappa shape index (κ3) is 2.96. The van der Waals surface area contributed by atoms with Crippen molar-refractivity contribution in [3.63, 3.8) is 0 Å². The molecule has 5 heteroatoms. The van der Waals surface area contributed by atoms with Crippen LogP contribution >= 0.6 is 11.6 Å². The molecule has 1 aromatic carbocycles. The van der Waals surface area contributed by atoms with Crippen LogP contribution in [-0.4, -0.2) is 24.2 Å². The van der Waals surface area contributed by atoms with Crippen molar-refractivity contribution >= 4 is 28.5 Å². The molecule has 0 radical (unpaired) electrons. The number of pyridine rings is 1. The van der Waals surface area contributed by atoms with Gasteiger partial charge in [-0.15, -0.1) is 0 Å². The van der Waals surface area contributed by atoms with Gasteiger partial charge in [0.1, 0.15) is 5.75 Å². The van der Waals surface area contributed by atoms with Gasteiger partial charge in [-0.2, -0.15) is 0 Å². The van der Waals surface area contributed by atoms with Crippen molar-refractivity contribution in [2.24, 2.45) is 0 Å². The summed E-state index contributed by atoms with van der Waals surface area (Å²) in [5.41, 5.74) is 1.58. The lowest BCUT2D eigenvalue weighted by Gasteiger charge is -2.15. The Bertz CT molecular complexity index is 627. The Morgan fingerprint density at radius 1 is 1.37 bits per heavy atom. The lowest BCUT2D eigenvalue weighted by Crippen LogP contribution is -2.25. The van der Waals surface area contributed by atoms with E-state index in [2.05, 4.69) is 9.72 Å². The van der Waals surface area contributed by atoms with Crippen LogP contribution in [0.25, 0.3) is 10.9 Å². The topological polar surface area (TPSA) is 48.4 Å². The quantitative estimate of drug-likeness (QED) is 0.810. The number of hydrogen-bond donors (Lipinski definition) is 0. The van der Waals surface area contributed by atoms with E-state index in [1.165, 1.54) is 7.11 Å². The van der Waals surface area contributed by atoms with Crippen LogP contribution in [0.1, 0.15) is 12.6 Å². The SMILES string of the molecule is COC(=O)C(C)Oc1cc(C)nc2ccc(Cl)cc12. The van der Waals surface area contributed by atoms with Gasteiger partial charge in [-0.25, -0.2) is 4.79 Å². The first-order valence-corrected chi connectivity index (χ1v) is 6.20. The summed E-state index contributed by atoms with van der Waals surface area (Å²) in [7, 11) is 1.33. The highest BCUT2D eigenvalue weighted by Crippen LogP contribution is 2.28. The average Bonchev–Trinajstić information content (AvgIpc) is 2.38. The van der Waals surface area contributed by atoms with E-state index >= 15 is 0 Å². The van der Waals surface area contributed by atoms with Crippen LogP contribution in [-0.2, 0) is 9.53 Å². The fraction of sp³-hybridized carbons (Fsp3) is 0.286. The molecule has 0 bridgehead atoms. The smallest absolute Gasteiger partial charge is 0.346 e. The number of rotatable bonds is 3. The number of carbonyl (C=O) groups excluding carboxylic acids is 1. The number of carbonyl (C=O) groups is 1. The molecule has 0 fully saturated rings. The number of ether oxygens (including phenoxy) is 2. The van der Waals surface area contributed by atoms with Crippen molar-refractivity contribution in [2.75, 3.05) is 7.11 Å². The van der Waals surface area contributed by atoms with Crippen molar-refractivity contribution in [2.45, 2.75) is 20.0 Å². The van der Waals surface area contributed by atoms with E-state index in [1.807, 2.05) is 13.0 Å². The zero-order valence-corrected chi connectivity index (χ0v) is 11.7. The molecule has 2 rings (SSSR count). The number of aromatic nitrogens is 1. The Balaban J connectivity index is 2.46. The molecule has 2 aromatic rings. The third-order valence-corrected chi connectivity index (χ3v) is 2.93. The van der Waals surface area contributed by atoms with Crippen molar-refractivity contribution in [1.29, 1.82) is 0 Å². The van der Waals surface area contributed by atoms with Crippen molar-refractivity contribution in [3.05, 3.63) is 35.0 Å². The summed E-state index contributed by atoms with van der Waals surface area (Å²) in [4.78, 5) is 15.8. The average molecular weight is 280 g/mol. The van der Waals surface area contributed by atoms with E-state index in [0.717, 1.165) is 16.6 Å². The van der Waals surface area contributed by atoms with E-state index in [4.69, 9.17) is 16.3 Å². The second kappa shape index (κ2) is 5.45. The number of hydrogen-bond acceptors (Lipinski definition) is 4. The molecule has 1 heterocycles. The minimum Gasteiger partial charge on any atom is -0.478 e. The van der Waals surface area contributed by atoms with Crippen LogP contribution in [0.2, 0.25) is 5.02 Å². The van der Waals surface area contributed by atoms with Crippen molar-refractivity contribution in [3.8, 4) is 5.75 Å². The van der Waals surface area contributed by atoms with Crippen LogP contribution in [0.15, 0.2) is 24.3 Å². The number of benzene rings is 1.